The number of hydrogen-bond donors (Lipinski definition) is 1. The lowest BCUT2D eigenvalue weighted by atomic mass is 9.63. The Kier molecular flexibility index (Phi) is 3.61. The first kappa shape index (κ1) is 14.1. The van der Waals surface area contributed by atoms with Gasteiger partial charge in [0, 0.05) is 17.6 Å². The molecule has 1 aromatic heterocycles. The predicted octanol–water partition coefficient (Wildman–Crippen LogP) is 4.26. The van der Waals surface area contributed by atoms with Crippen LogP contribution in [0.5, 0.6) is 0 Å². The third-order valence-electron chi connectivity index (χ3n) is 5.95. The monoisotopic (exact) mass is 298 g/mol. The maximum Gasteiger partial charge on any atom is 0.123 e. The van der Waals surface area contributed by atoms with Crippen LogP contribution in [-0.4, -0.2) is 18.1 Å². The minimum Gasteiger partial charge on any atom is -0.317 e. The molecule has 22 heavy (non-hydrogen) atoms. The minimum atomic E-state index is -0.158. The lowest BCUT2D eigenvalue weighted by molar-refractivity contribution is 0.128. The molecule has 1 heterocycles. The highest BCUT2D eigenvalue weighted by atomic mass is 19.1. The average Bonchev–Trinajstić information content (AvgIpc) is 2.55. The lowest BCUT2D eigenvalue weighted by Gasteiger charge is -2.45. The number of fused-ring (bicyclic) bond motifs is 3. The minimum absolute atomic E-state index is 0.158. The summed E-state index contributed by atoms with van der Waals surface area (Å²) < 4.78 is 13.7. The topological polar surface area (TPSA) is 24.9 Å². The SMILES string of the molecule is CNC1CCC2CC1CCC2c1ccnc2ccc(F)cc12. The maximum atomic E-state index is 13.7. The fourth-order valence-corrected chi connectivity index (χ4v) is 4.87. The van der Waals surface area contributed by atoms with Gasteiger partial charge in [-0.15, -0.1) is 0 Å². The normalized spacial score (nSPS) is 31.4. The number of nitrogens with one attached hydrogen (secondary N) is 1. The van der Waals surface area contributed by atoms with Crippen LogP contribution in [0, 0.1) is 17.7 Å². The summed E-state index contributed by atoms with van der Waals surface area (Å²) in [6.07, 6.45) is 8.27. The number of pyridine rings is 1. The second-order valence-corrected chi connectivity index (χ2v) is 6.97. The maximum absolute atomic E-state index is 13.7. The molecule has 2 bridgehead atoms. The second-order valence-electron chi connectivity index (χ2n) is 6.97. The molecule has 2 saturated carbocycles. The molecule has 3 heteroatoms. The molecule has 1 aromatic carbocycles. The molecule has 2 aliphatic carbocycles. The Bertz CT molecular complexity index is 684. The summed E-state index contributed by atoms with van der Waals surface area (Å²) in [5.74, 6) is 1.98. The van der Waals surface area contributed by atoms with Crippen molar-refractivity contribution in [2.75, 3.05) is 7.05 Å². The molecule has 4 rings (SSSR count). The van der Waals surface area contributed by atoms with Gasteiger partial charge < -0.3 is 5.32 Å². The summed E-state index contributed by atoms with van der Waals surface area (Å²) in [5, 5.41) is 4.51. The van der Waals surface area contributed by atoms with Gasteiger partial charge in [-0.25, -0.2) is 4.39 Å². The molecule has 0 radical (unpaired) electrons. The molecule has 2 fully saturated rings. The Hall–Kier alpha value is -1.48. The van der Waals surface area contributed by atoms with E-state index in [0.717, 1.165) is 22.7 Å². The number of hydrogen-bond acceptors (Lipinski definition) is 2. The molecule has 1 N–H and O–H groups in total. The molecule has 2 aliphatic rings. The zero-order valence-electron chi connectivity index (χ0n) is 13.1. The van der Waals surface area contributed by atoms with Gasteiger partial charge in [-0.1, -0.05) is 0 Å². The van der Waals surface area contributed by atoms with Crippen molar-refractivity contribution >= 4 is 10.9 Å². The van der Waals surface area contributed by atoms with E-state index in [1.54, 1.807) is 12.1 Å². The van der Waals surface area contributed by atoms with Crippen molar-refractivity contribution in [3.05, 3.63) is 41.8 Å². The summed E-state index contributed by atoms with van der Waals surface area (Å²) in [7, 11) is 2.09. The first-order valence-corrected chi connectivity index (χ1v) is 8.47. The van der Waals surface area contributed by atoms with E-state index in [4.69, 9.17) is 0 Å². The van der Waals surface area contributed by atoms with Crippen molar-refractivity contribution in [2.45, 2.75) is 44.1 Å². The highest BCUT2D eigenvalue weighted by Gasteiger charge is 2.38. The van der Waals surface area contributed by atoms with E-state index in [-0.39, 0.29) is 5.82 Å². The van der Waals surface area contributed by atoms with Gasteiger partial charge in [-0.3, -0.25) is 4.98 Å². The molecule has 2 aromatic rings. The molecule has 116 valence electrons. The van der Waals surface area contributed by atoms with Crippen molar-refractivity contribution in [2.24, 2.45) is 11.8 Å². The van der Waals surface area contributed by atoms with E-state index < -0.39 is 0 Å². The van der Waals surface area contributed by atoms with Gasteiger partial charge >= 0.3 is 0 Å². The molecule has 0 spiro atoms. The quantitative estimate of drug-likeness (QED) is 0.896. The second kappa shape index (κ2) is 5.62. The van der Waals surface area contributed by atoms with E-state index in [9.17, 15) is 4.39 Å². The van der Waals surface area contributed by atoms with E-state index in [1.807, 2.05) is 6.20 Å². The molecular weight excluding hydrogens is 275 g/mol. The molecular formula is C19H23FN2. The summed E-state index contributed by atoms with van der Waals surface area (Å²) in [5.41, 5.74) is 2.24. The van der Waals surface area contributed by atoms with Crippen LogP contribution in [0.25, 0.3) is 10.9 Å². The van der Waals surface area contributed by atoms with Crippen LogP contribution in [0.2, 0.25) is 0 Å². The van der Waals surface area contributed by atoms with Gasteiger partial charge in [-0.05, 0) is 86.7 Å². The molecule has 4 unspecified atom stereocenters. The first-order valence-electron chi connectivity index (χ1n) is 8.47. The van der Waals surface area contributed by atoms with Crippen molar-refractivity contribution in [1.29, 1.82) is 0 Å². The van der Waals surface area contributed by atoms with E-state index in [0.29, 0.717) is 12.0 Å². The van der Waals surface area contributed by atoms with Crippen molar-refractivity contribution in [3.63, 3.8) is 0 Å². The Labute approximate surface area is 131 Å². The highest BCUT2D eigenvalue weighted by Crippen LogP contribution is 2.48. The summed E-state index contributed by atoms with van der Waals surface area (Å²) in [6.45, 7) is 0. The Balaban J connectivity index is 1.70. The fourth-order valence-electron chi connectivity index (χ4n) is 4.87. The van der Waals surface area contributed by atoms with Crippen LogP contribution >= 0.6 is 0 Å². The largest absolute Gasteiger partial charge is 0.317 e. The van der Waals surface area contributed by atoms with Crippen LogP contribution in [0.3, 0.4) is 0 Å². The third-order valence-corrected chi connectivity index (χ3v) is 5.95. The van der Waals surface area contributed by atoms with E-state index >= 15 is 0 Å². The van der Waals surface area contributed by atoms with Gasteiger partial charge in [0.2, 0.25) is 0 Å². The first-order chi connectivity index (χ1) is 10.8. The standard InChI is InChI=1S/C19H23FN2/c1-21-18-6-3-12-10-13(18)2-5-15(12)16-8-9-22-19-7-4-14(20)11-17(16)19/h4,7-9,11-13,15,18,21H,2-3,5-6,10H2,1H3. The van der Waals surface area contributed by atoms with Crippen molar-refractivity contribution < 1.29 is 4.39 Å². The Morgan fingerprint density at radius 3 is 2.82 bits per heavy atom. The van der Waals surface area contributed by atoms with Crippen molar-refractivity contribution in [3.8, 4) is 0 Å². The van der Waals surface area contributed by atoms with Gasteiger partial charge in [0.05, 0.1) is 5.52 Å². The highest BCUT2D eigenvalue weighted by molar-refractivity contribution is 5.82. The van der Waals surface area contributed by atoms with Crippen LogP contribution in [-0.2, 0) is 0 Å². The molecule has 0 saturated heterocycles. The smallest absolute Gasteiger partial charge is 0.123 e. The zero-order valence-corrected chi connectivity index (χ0v) is 13.1. The number of benzene rings is 1. The van der Waals surface area contributed by atoms with Crippen LogP contribution in [0.4, 0.5) is 4.39 Å². The summed E-state index contributed by atoms with van der Waals surface area (Å²) in [4.78, 5) is 4.41. The predicted molar refractivity (Wildman–Crippen MR) is 87.4 cm³/mol. The zero-order chi connectivity index (χ0) is 15.1. The lowest BCUT2D eigenvalue weighted by Crippen LogP contribution is -2.42. The summed E-state index contributed by atoms with van der Waals surface area (Å²) >= 11 is 0. The van der Waals surface area contributed by atoms with Crippen molar-refractivity contribution in [1.82, 2.24) is 10.3 Å². The number of rotatable bonds is 2. The van der Waals surface area contributed by atoms with E-state index in [1.165, 1.54) is 43.7 Å². The van der Waals surface area contributed by atoms with Crippen LogP contribution in [0.15, 0.2) is 30.5 Å². The van der Waals surface area contributed by atoms with Crippen LogP contribution in [0.1, 0.15) is 43.6 Å². The fraction of sp³-hybridized carbons (Fsp3) is 0.526. The molecule has 0 amide bonds. The Morgan fingerprint density at radius 2 is 1.95 bits per heavy atom. The Morgan fingerprint density at radius 1 is 1.09 bits per heavy atom. The third kappa shape index (κ3) is 2.32. The van der Waals surface area contributed by atoms with Gasteiger partial charge in [0.15, 0.2) is 0 Å². The van der Waals surface area contributed by atoms with Crippen LogP contribution < -0.4 is 5.32 Å². The van der Waals surface area contributed by atoms with Gasteiger partial charge in [-0.2, -0.15) is 0 Å². The average molecular weight is 298 g/mol. The van der Waals surface area contributed by atoms with E-state index in [2.05, 4.69) is 23.4 Å². The van der Waals surface area contributed by atoms with Gasteiger partial charge in [0.25, 0.3) is 0 Å². The van der Waals surface area contributed by atoms with Gasteiger partial charge in [0.1, 0.15) is 5.82 Å². The molecule has 2 nitrogen and oxygen atoms in total. The molecule has 4 atom stereocenters. The number of halogens is 1. The summed E-state index contributed by atoms with van der Waals surface area (Å²) in [6, 6.07) is 7.80. The number of nitrogens with zero attached hydrogens (tertiary/aromatic N) is 1. The number of aromatic nitrogens is 1. The molecule has 0 aliphatic heterocycles.